The van der Waals surface area contributed by atoms with Crippen LogP contribution in [0.4, 0.5) is 13.2 Å². The van der Waals surface area contributed by atoms with E-state index in [9.17, 15) is 23.1 Å². The average Bonchev–Trinajstić information content (AvgIpc) is 3.13. The highest BCUT2D eigenvalue weighted by Crippen LogP contribution is 2.44. The van der Waals surface area contributed by atoms with E-state index in [2.05, 4.69) is 15.0 Å². The van der Waals surface area contributed by atoms with Crippen LogP contribution < -0.4 is 10.0 Å². The second kappa shape index (κ2) is 10.5. The molecule has 34 heavy (non-hydrogen) atoms. The molecule has 2 aromatic rings. The molecule has 0 radical (unpaired) electrons. The Labute approximate surface area is 212 Å². The Hall–Kier alpha value is -1.08. The molecule has 2 fully saturated rings. The number of halogens is 5. The first-order valence-electron chi connectivity index (χ1n) is 10.6. The third-order valence-electron chi connectivity index (χ3n) is 5.66. The summed E-state index contributed by atoms with van der Waals surface area (Å²) in [6.07, 6.45) is -0.336. The monoisotopic (exact) mass is 555 g/mol. The topological polar surface area (TPSA) is 83.5 Å². The number of ether oxygens (including phenoxy) is 1. The first-order chi connectivity index (χ1) is 16.0. The van der Waals surface area contributed by atoms with E-state index in [-0.39, 0.29) is 34.8 Å². The van der Waals surface area contributed by atoms with Crippen LogP contribution in [0.5, 0.6) is 0 Å². The molecule has 4 rings (SSSR count). The fourth-order valence-corrected chi connectivity index (χ4v) is 5.92. The highest BCUT2D eigenvalue weighted by Gasteiger charge is 2.37. The van der Waals surface area contributed by atoms with Gasteiger partial charge in [0.1, 0.15) is 12.1 Å². The highest BCUT2D eigenvalue weighted by atomic mass is 35.5. The third kappa shape index (κ3) is 6.18. The molecule has 13 heteroatoms. The second-order valence-electron chi connectivity index (χ2n) is 8.47. The van der Waals surface area contributed by atoms with Crippen molar-refractivity contribution in [1.29, 1.82) is 0 Å². The molecule has 6 nitrogen and oxygen atoms in total. The van der Waals surface area contributed by atoms with E-state index in [1.807, 2.05) is 0 Å². The van der Waals surface area contributed by atoms with Gasteiger partial charge in [-0.05, 0) is 30.4 Å². The standard InChI is InChI=1S/C21H22Cl2F3N3O3S2/c22-15-12(4-5-14(16(15)23)34-28-8-21(24,25)26)17-13(6-11-2-1-3-11)29-19(33-17)18(30)27-7-20(31)9-32-10-20/h4-5,11,28,31H,1-3,6-10H2,(H,27,30). The summed E-state index contributed by atoms with van der Waals surface area (Å²) in [6.45, 7) is -0.783. The second-order valence-corrected chi connectivity index (χ2v) is 11.2. The van der Waals surface area contributed by atoms with Crippen LogP contribution in [0.15, 0.2) is 17.0 Å². The van der Waals surface area contributed by atoms with Gasteiger partial charge in [-0.1, -0.05) is 48.5 Å². The number of rotatable bonds is 9. The van der Waals surface area contributed by atoms with Gasteiger partial charge in [0.15, 0.2) is 5.01 Å². The van der Waals surface area contributed by atoms with Crippen LogP contribution in [0.2, 0.25) is 10.0 Å². The van der Waals surface area contributed by atoms with Crippen molar-refractivity contribution in [1.82, 2.24) is 15.0 Å². The lowest BCUT2D eigenvalue weighted by atomic mass is 9.82. The van der Waals surface area contributed by atoms with Gasteiger partial charge in [0.05, 0.1) is 40.4 Å². The number of thiazole rings is 1. The Morgan fingerprint density at radius 3 is 2.62 bits per heavy atom. The Bertz CT molecular complexity index is 1060. The van der Waals surface area contributed by atoms with Gasteiger partial charge in [0, 0.05) is 10.5 Å². The summed E-state index contributed by atoms with van der Waals surface area (Å²) < 4.78 is 44.5. The number of aromatic nitrogens is 1. The molecule has 1 amide bonds. The molecule has 1 aliphatic heterocycles. The van der Waals surface area contributed by atoms with E-state index in [1.165, 1.54) is 11.3 Å². The zero-order valence-corrected chi connectivity index (χ0v) is 21.0. The van der Waals surface area contributed by atoms with Crippen LogP contribution in [0.1, 0.15) is 34.8 Å². The van der Waals surface area contributed by atoms with Crippen LogP contribution in [0, 0.1) is 5.92 Å². The molecule has 2 aliphatic rings. The van der Waals surface area contributed by atoms with E-state index >= 15 is 0 Å². The first kappa shape index (κ1) is 26.0. The number of nitrogens with one attached hydrogen (secondary N) is 2. The molecule has 1 aromatic carbocycles. The van der Waals surface area contributed by atoms with Crippen LogP contribution in [0.25, 0.3) is 10.4 Å². The van der Waals surface area contributed by atoms with E-state index in [0.717, 1.165) is 36.9 Å². The van der Waals surface area contributed by atoms with Crippen molar-refractivity contribution < 1.29 is 27.8 Å². The molecular formula is C21H22Cl2F3N3O3S2. The number of hydrogen-bond donors (Lipinski definition) is 3. The first-order valence-corrected chi connectivity index (χ1v) is 13.0. The van der Waals surface area contributed by atoms with Gasteiger partial charge in [-0.2, -0.15) is 13.2 Å². The fraction of sp³-hybridized carbons (Fsp3) is 0.524. The normalized spacial score (nSPS) is 17.8. The van der Waals surface area contributed by atoms with Gasteiger partial charge in [-0.15, -0.1) is 11.3 Å². The minimum Gasteiger partial charge on any atom is -0.383 e. The minimum absolute atomic E-state index is 0.0577. The minimum atomic E-state index is -4.35. The van der Waals surface area contributed by atoms with Gasteiger partial charge >= 0.3 is 6.18 Å². The molecular weight excluding hydrogens is 534 g/mol. The molecule has 1 saturated heterocycles. The zero-order valence-electron chi connectivity index (χ0n) is 17.8. The maximum Gasteiger partial charge on any atom is 0.402 e. The number of benzene rings is 1. The Morgan fingerprint density at radius 2 is 2.03 bits per heavy atom. The largest absolute Gasteiger partial charge is 0.402 e. The molecule has 0 unspecified atom stereocenters. The summed E-state index contributed by atoms with van der Waals surface area (Å²) in [5.74, 6) is 0.0671. The van der Waals surface area contributed by atoms with Crippen molar-refractivity contribution in [2.24, 2.45) is 5.92 Å². The van der Waals surface area contributed by atoms with E-state index < -0.39 is 24.2 Å². The van der Waals surface area contributed by atoms with Crippen molar-refractivity contribution in [3.05, 3.63) is 32.9 Å². The van der Waals surface area contributed by atoms with E-state index in [0.29, 0.717) is 27.7 Å². The van der Waals surface area contributed by atoms with Gasteiger partial charge in [0.2, 0.25) is 0 Å². The molecule has 0 atom stereocenters. The molecule has 1 saturated carbocycles. The van der Waals surface area contributed by atoms with Crippen molar-refractivity contribution in [3.63, 3.8) is 0 Å². The lowest BCUT2D eigenvalue weighted by Gasteiger charge is -2.36. The number of amides is 1. The third-order valence-corrected chi connectivity index (χ3v) is 8.64. The molecule has 1 aliphatic carbocycles. The predicted octanol–water partition coefficient (Wildman–Crippen LogP) is 5.11. The number of hydrogen-bond acceptors (Lipinski definition) is 7. The summed E-state index contributed by atoms with van der Waals surface area (Å²) in [5.41, 5.74) is 0.248. The lowest BCUT2D eigenvalue weighted by Crippen LogP contribution is -2.56. The highest BCUT2D eigenvalue weighted by molar-refractivity contribution is 7.97. The number of nitrogens with zero attached hydrogens (tertiary/aromatic N) is 1. The molecule has 0 spiro atoms. The number of aliphatic hydroxyl groups is 1. The molecule has 186 valence electrons. The Balaban J connectivity index is 1.56. The van der Waals surface area contributed by atoms with Crippen molar-refractivity contribution >= 4 is 52.4 Å². The molecule has 3 N–H and O–H groups in total. The van der Waals surface area contributed by atoms with Crippen LogP contribution in [0.3, 0.4) is 0 Å². The SMILES string of the molecule is O=C(NCC1(O)COC1)c1nc(CC2CCC2)c(-c2ccc(SNCC(F)(F)F)c(Cl)c2Cl)s1. The van der Waals surface area contributed by atoms with Gasteiger partial charge in [-0.3, -0.25) is 9.52 Å². The predicted molar refractivity (Wildman–Crippen MR) is 127 cm³/mol. The summed E-state index contributed by atoms with van der Waals surface area (Å²) >= 11 is 14.8. The molecule has 1 aromatic heterocycles. The maximum atomic E-state index is 12.7. The van der Waals surface area contributed by atoms with Crippen LogP contribution >= 0.6 is 46.5 Å². The quantitative estimate of drug-likeness (QED) is 0.373. The summed E-state index contributed by atoms with van der Waals surface area (Å²) in [5, 5.41) is 13.4. The number of carbonyl (C=O) groups excluding carboxylic acids is 1. The molecule has 0 bridgehead atoms. The van der Waals surface area contributed by atoms with E-state index in [1.54, 1.807) is 12.1 Å². The zero-order chi connectivity index (χ0) is 24.5. The summed E-state index contributed by atoms with van der Waals surface area (Å²) in [6, 6.07) is 3.27. The maximum absolute atomic E-state index is 12.7. The van der Waals surface area contributed by atoms with Crippen molar-refractivity contribution in [2.75, 3.05) is 26.3 Å². The summed E-state index contributed by atoms with van der Waals surface area (Å²) in [4.78, 5) is 18.4. The van der Waals surface area contributed by atoms with Crippen molar-refractivity contribution in [2.45, 2.75) is 42.4 Å². The van der Waals surface area contributed by atoms with Crippen LogP contribution in [-0.4, -0.2) is 54.1 Å². The summed E-state index contributed by atoms with van der Waals surface area (Å²) in [7, 11) is 0. The van der Waals surface area contributed by atoms with Gasteiger partial charge in [0.25, 0.3) is 5.91 Å². The number of carbonyl (C=O) groups is 1. The van der Waals surface area contributed by atoms with Crippen LogP contribution in [-0.2, 0) is 11.2 Å². The average molecular weight is 556 g/mol. The van der Waals surface area contributed by atoms with Gasteiger partial charge in [-0.25, -0.2) is 4.98 Å². The van der Waals surface area contributed by atoms with E-state index in [4.69, 9.17) is 27.9 Å². The smallest absolute Gasteiger partial charge is 0.383 e. The fourth-order valence-electron chi connectivity index (χ4n) is 3.51. The molecule has 2 heterocycles. The Kier molecular flexibility index (Phi) is 8.03. The lowest BCUT2D eigenvalue weighted by molar-refractivity contribution is -0.173. The van der Waals surface area contributed by atoms with Gasteiger partial charge < -0.3 is 15.2 Å². The Morgan fingerprint density at radius 1 is 1.29 bits per heavy atom. The number of alkyl halides is 3. The van der Waals surface area contributed by atoms with Crippen molar-refractivity contribution in [3.8, 4) is 10.4 Å².